The van der Waals surface area contributed by atoms with Gasteiger partial charge in [-0.15, -0.1) is 6.58 Å². The Morgan fingerprint density at radius 1 is 1.43 bits per heavy atom. The number of halogens is 3. The molecule has 0 aliphatic carbocycles. The Labute approximate surface area is 80.5 Å². The number of hydrogen-bond acceptors (Lipinski definition) is 1. The number of unbranched alkanes of at least 4 members (excludes halogenated alkanes) is 1. The first-order chi connectivity index (χ1) is 6.38. The molecule has 0 radical (unpaired) electrons. The van der Waals surface area contributed by atoms with Crippen LogP contribution in [0.5, 0.6) is 0 Å². The lowest BCUT2D eigenvalue weighted by Gasteiger charge is -2.07. The molecule has 0 aliphatic heterocycles. The van der Waals surface area contributed by atoms with Gasteiger partial charge in [0.15, 0.2) is 0 Å². The molecule has 0 heterocycles. The lowest BCUT2D eigenvalue weighted by molar-refractivity contribution is -0.172. The number of carbonyl (C=O) groups excluding carboxylic acids is 1. The maximum Gasteiger partial charge on any atom is 0.471 e. The molecule has 0 unspecified atom stereocenters. The maximum atomic E-state index is 11.7. The molecule has 0 fully saturated rings. The van der Waals surface area contributed by atoms with Crippen molar-refractivity contribution in [2.24, 2.45) is 0 Å². The molecule has 0 bridgehead atoms. The Bertz CT molecular complexity index is 243. The Balaban J connectivity index is 4.05. The Kier molecular flexibility index (Phi) is 4.97. The first-order valence-corrected chi connectivity index (χ1v) is 4.03. The molecule has 5 heteroatoms. The summed E-state index contributed by atoms with van der Waals surface area (Å²) in [7, 11) is 0. The third-order valence-corrected chi connectivity index (χ3v) is 1.39. The van der Waals surface area contributed by atoms with Gasteiger partial charge in [-0.25, -0.2) is 0 Å². The zero-order valence-electron chi connectivity index (χ0n) is 7.82. The molecule has 0 spiro atoms. The van der Waals surface area contributed by atoms with Crippen LogP contribution >= 0.6 is 0 Å². The molecule has 0 saturated carbocycles. The predicted octanol–water partition coefficient (Wildman–Crippen LogP) is 2.53. The van der Waals surface area contributed by atoms with Gasteiger partial charge in [0, 0.05) is 5.70 Å². The number of carbonyl (C=O) groups is 1. The van der Waals surface area contributed by atoms with E-state index in [9.17, 15) is 18.0 Å². The van der Waals surface area contributed by atoms with Gasteiger partial charge in [-0.2, -0.15) is 13.2 Å². The van der Waals surface area contributed by atoms with Gasteiger partial charge < -0.3 is 5.32 Å². The fourth-order valence-corrected chi connectivity index (χ4v) is 0.719. The smallest absolute Gasteiger partial charge is 0.323 e. The minimum absolute atomic E-state index is 0.203. The molecule has 0 aromatic heterocycles. The van der Waals surface area contributed by atoms with Gasteiger partial charge in [-0.1, -0.05) is 12.2 Å². The minimum atomic E-state index is -4.83. The van der Waals surface area contributed by atoms with E-state index in [4.69, 9.17) is 0 Å². The molecule has 0 aliphatic rings. The van der Waals surface area contributed by atoms with E-state index in [2.05, 4.69) is 6.58 Å². The summed E-state index contributed by atoms with van der Waals surface area (Å²) in [6.07, 6.45) is -0.430. The van der Waals surface area contributed by atoms with E-state index in [1.165, 1.54) is 13.0 Å². The molecule has 0 atom stereocenters. The highest BCUT2D eigenvalue weighted by atomic mass is 19.4. The van der Waals surface area contributed by atoms with Crippen LogP contribution in [-0.2, 0) is 4.79 Å². The quantitative estimate of drug-likeness (QED) is 0.557. The topological polar surface area (TPSA) is 29.1 Å². The normalized spacial score (nSPS) is 12.4. The zero-order valence-corrected chi connectivity index (χ0v) is 7.82. The van der Waals surface area contributed by atoms with Crippen LogP contribution in [-0.4, -0.2) is 12.1 Å². The first kappa shape index (κ1) is 12.7. The van der Waals surface area contributed by atoms with Gasteiger partial charge in [-0.05, 0) is 19.8 Å². The highest BCUT2D eigenvalue weighted by Gasteiger charge is 2.38. The Hall–Kier alpha value is -1.26. The average molecular weight is 207 g/mol. The van der Waals surface area contributed by atoms with Crippen LogP contribution in [0.15, 0.2) is 24.4 Å². The van der Waals surface area contributed by atoms with Crippen LogP contribution in [0.1, 0.15) is 19.8 Å². The highest BCUT2D eigenvalue weighted by molar-refractivity contribution is 5.83. The predicted molar refractivity (Wildman–Crippen MR) is 47.4 cm³/mol. The minimum Gasteiger partial charge on any atom is -0.323 e. The van der Waals surface area contributed by atoms with Crippen molar-refractivity contribution in [3.8, 4) is 0 Å². The van der Waals surface area contributed by atoms with Crippen LogP contribution in [0.2, 0.25) is 0 Å². The van der Waals surface area contributed by atoms with Crippen LogP contribution < -0.4 is 5.32 Å². The number of hydrogen-bond donors (Lipinski definition) is 1. The Morgan fingerprint density at radius 3 is 2.43 bits per heavy atom. The summed E-state index contributed by atoms with van der Waals surface area (Å²) >= 11 is 0. The van der Waals surface area contributed by atoms with Gasteiger partial charge in [0.25, 0.3) is 0 Å². The zero-order chi connectivity index (χ0) is 11.2. The fraction of sp³-hybridized carbons (Fsp3) is 0.444. The van der Waals surface area contributed by atoms with E-state index >= 15 is 0 Å². The summed E-state index contributed by atoms with van der Waals surface area (Å²) < 4.78 is 35.2. The van der Waals surface area contributed by atoms with Crippen molar-refractivity contribution >= 4 is 5.91 Å². The molecule has 80 valence electrons. The van der Waals surface area contributed by atoms with Crippen LogP contribution in [0.25, 0.3) is 0 Å². The molecule has 0 rings (SSSR count). The monoisotopic (exact) mass is 207 g/mol. The van der Waals surface area contributed by atoms with Crippen molar-refractivity contribution < 1.29 is 18.0 Å². The summed E-state index contributed by atoms with van der Waals surface area (Å²) in [5.41, 5.74) is 0.203. The van der Waals surface area contributed by atoms with Crippen molar-refractivity contribution in [2.75, 3.05) is 0 Å². The molecule has 0 saturated heterocycles. The number of allylic oxidation sites excluding steroid dienone is 3. The third kappa shape index (κ3) is 5.40. The van der Waals surface area contributed by atoms with Crippen LogP contribution in [0.4, 0.5) is 13.2 Å². The number of rotatable bonds is 4. The van der Waals surface area contributed by atoms with Gasteiger partial charge in [0.2, 0.25) is 0 Å². The lowest BCUT2D eigenvalue weighted by atomic mass is 10.2. The van der Waals surface area contributed by atoms with Crippen molar-refractivity contribution in [3.63, 3.8) is 0 Å². The second-order valence-corrected chi connectivity index (χ2v) is 2.71. The fourth-order valence-electron chi connectivity index (χ4n) is 0.719. The number of alkyl halides is 3. The molecular formula is C9H12F3NO. The second kappa shape index (κ2) is 5.47. The van der Waals surface area contributed by atoms with Gasteiger partial charge in [0.1, 0.15) is 0 Å². The van der Waals surface area contributed by atoms with E-state index in [1.807, 2.05) is 0 Å². The lowest BCUT2D eigenvalue weighted by Crippen LogP contribution is -2.35. The van der Waals surface area contributed by atoms with E-state index in [0.29, 0.717) is 12.8 Å². The number of nitrogens with one attached hydrogen (secondary N) is 1. The van der Waals surface area contributed by atoms with Crippen LogP contribution in [0, 0.1) is 0 Å². The van der Waals surface area contributed by atoms with Gasteiger partial charge >= 0.3 is 12.1 Å². The number of amides is 1. The summed E-state index contributed by atoms with van der Waals surface area (Å²) in [6, 6.07) is 0. The largest absolute Gasteiger partial charge is 0.471 e. The summed E-state index contributed by atoms with van der Waals surface area (Å²) in [5, 5.41) is 1.74. The van der Waals surface area contributed by atoms with E-state index in [-0.39, 0.29) is 5.70 Å². The molecule has 1 amide bonds. The van der Waals surface area contributed by atoms with Crippen molar-refractivity contribution in [1.82, 2.24) is 5.32 Å². The van der Waals surface area contributed by atoms with Crippen molar-refractivity contribution in [1.29, 1.82) is 0 Å². The summed E-state index contributed by atoms with van der Waals surface area (Å²) in [6.45, 7) is 4.87. The van der Waals surface area contributed by atoms with Crippen molar-refractivity contribution in [3.05, 3.63) is 24.4 Å². The highest BCUT2D eigenvalue weighted by Crippen LogP contribution is 2.14. The van der Waals surface area contributed by atoms with Gasteiger partial charge in [-0.3, -0.25) is 4.79 Å². The maximum absolute atomic E-state index is 11.7. The molecule has 0 aromatic carbocycles. The molecular weight excluding hydrogens is 195 g/mol. The van der Waals surface area contributed by atoms with Crippen molar-refractivity contribution in [2.45, 2.75) is 25.9 Å². The standard InChI is InChI=1S/C9H12F3NO/c1-3-4-5-6-7(2)13-8(14)9(10,11)12/h3,6H,1,4-5H2,2H3,(H,13,14)/b7-6-. The van der Waals surface area contributed by atoms with Gasteiger partial charge in [0.05, 0.1) is 0 Å². The molecule has 0 aromatic rings. The van der Waals surface area contributed by atoms with E-state index in [1.54, 1.807) is 11.4 Å². The van der Waals surface area contributed by atoms with E-state index in [0.717, 1.165) is 0 Å². The summed E-state index contributed by atoms with van der Waals surface area (Å²) in [4.78, 5) is 10.4. The molecule has 14 heavy (non-hydrogen) atoms. The first-order valence-electron chi connectivity index (χ1n) is 4.03. The molecule has 1 N–H and O–H groups in total. The Morgan fingerprint density at radius 2 is 2.00 bits per heavy atom. The second-order valence-electron chi connectivity index (χ2n) is 2.71. The summed E-state index contributed by atoms with van der Waals surface area (Å²) in [5.74, 6) is -1.94. The van der Waals surface area contributed by atoms with E-state index < -0.39 is 12.1 Å². The average Bonchev–Trinajstić information content (AvgIpc) is 2.03. The molecule has 2 nitrogen and oxygen atoms in total. The third-order valence-electron chi connectivity index (χ3n) is 1.39. The van der Waals surface area contributed by atoms with Crippen LogP contribution in [0.3, 0.4) is 0 Å². The SMILES string of the molecule is C=CCC/C=C(/C)NC(=O)C(F)(F)F.